The normalized spacial score (nSPS) is 11.0. The van der Waals surface area contributed by atoms with Gasteiger partial charge in [-0.2, -0.15) is 0 Å². The van der Waals surface area contributed by atoms with Gasteiger partial charge in [-0.05, 0) is 26.7 Å². The van der Waals surface area contributed by atoms with Gasteiger partial charge in [0.2, 0.25) is 0 Å². The summed E-state index contributed by atoms with van der Waals surface area (Å²) in [6, 6.07) is 0.225. The van der Waals surface area contributed by atoms with Crippen LogP contribution in [-0.2, 0) is 9.47 Å². The Bertz CT molecular complexity index is 78.6. The molecule has 0 heterocycles. The first-order chi connectivity index (χ1) is 5.81. The highest BCUT2D eigenvalue weighted by molar-refractivity contribution is 4.59. The Labute approximate surface area is 75.2 Å². The fourth-order valence-corrected chi connectivity index (χ4v) is 0.902. The first kappa shape index (κ1) is 11.9. The molecule has 0 bridgehead atoms. The van der Waals surface area contributed by atoms with Gasteiger partial charge in [-0.1, -0.05) is 0 Å². The average Bonchev–Trinajstić information content (AvgIpc) is 2.06. The summed E-state index contributed by atoms with van der Waals surface area (Å²) < 4.78 is 10.4. The Balaban J connectivity index is 3.04. The molecule has 0 aromatic rings. The van der Waals surface area contributed by atoms with Crippen molar-refractivity contribution in [2.24, 2.45) is 5.73 Å². The lowest BCUT2D eigenvalue weighted by molar-refractivity contribution is 0.120. The summed E-state index contributed by atoms with van der Waals surface area (Å²) in [5.41, 5.74) is 5.80. The van der Waals surface area contributed by atoms with Crippen LogP contribution in [0.5, 0.6) is 0 Å². The zero-order chi connectivity index (χ0) is 9.23. The van der Waals surface area contributed by atoms with Crippen LogP contribution in [0.25, 0.3) is 0 Å². The van der Waals surface area contributed by atoms with E-state index in [1.165, 1.54) is 0 Å². The van der Waals surface area contributed by atoms with E-state index in [1.807, 2.05) is 13.8 Å². The maximum Gasteiger partial charge on any atom is 0.0480 e. The largest absolute Gasteiger partial charge is 0.382 e. The van der Waals surface area contributed by atoms with E-state index in [4.69, 9.17) is 15.2 Å². The molecular weight excluding hydrogens is 154 g/mol. The molecule has 0 aromatic heterocycles. The third kappa shape index (κ3) is 7.98. The molecule has 12 heavy (non-hydrogen) atoms. The van der Waals surface area contributed by atoms with Gasteiger partial charge in [0, 0.05) is 32.5 Å². The Morgan fingerprint density at radius 2 is 1.42 bits per heavy atom. The lowest BCUT2D eigenvalue weighted by Gasteiger charge is -2.10. The van der Waals surface area contributed by atoms with Gasteiger partial charge in [0.1, 0.15) is 0 Å². The second-order valence-corrected chi connectivity index (χ2v) is 2.73. The van der Waals surface area contributed by atoms with E-state index in [-0.39, 0.29) is 6.04 Å². The Morgan fingerprint density at radius 3 is 1.75 bits per heavy atom. The van der Waals surface area contributed by atoms with E-state index in [0.717, 1.165) is 39.3 Å². The van der Waals surface area contributed by atoms with Gasteiger partial charge in [-0.3, -0.25) is 0 Å². The highest BCUT2D eigenvalue weighted by atomic mass is 16.5. The molecule has 0 amide bonds. The summed E-state index contributed by atoms with van der Waals surface area (Å²) in [4.78, 5) is 0. The van der Waals surface area contributed by atoms with Crippen molar-refractivity contribution in [2.45, 2.75) is 32.7 Å². The SMILES string of the molecule is CCOCCC(N)CCOCC. The van der Waals surface area contributed by atoms with E-state index >= 15 is 0 Å². The summed E-state index contributed by atoms with van der Waals surface area (Å²) in [6.07, 6.45) is 1.86. The van der Waals surface area contributed by atoms with Crippen molar-refractivity contribution in [3.05, 3.63) is 0 Å². The van der Waals surface area contributed by atoms with Crippen LogP contribution in [0.15, 0.2) is 0 Å². The summed E-state index contributed by atoms with van der Waals surface area (Å²) >= 11 is 0. The first-order valence-electron chi connectivity index (χ1n) is 4.72. The van der Waals surface area contributed by atoms with Crippen LogP contribution in [0.4, 0.5) is 0 Å². The van der Waals surface area contributed by atoms with Crippen molar-refractivity contribution < 1.29 is 9.47 Å². The molecule has 0 aliphatic rings. The number of nitrogens with two attached hydrogens (primary N) is 1. The highest BCUT2D eigenvalue weighted by Gasteiger charge is 2.01. The van der Waals surface area contributed by atoms with Crippen LogP contribution < -0.4 is 5.73 Å². The van der Waals surface area contributed by atoms with Gasteiger partial charge in [-0.15, -0.1) is 0 Å². The van der Waals surface area contributed by atoms with E-state index in [9.17, 15) is 0 Å². The Hall–Kier alpha value is -0.120. The minimum atomic E-state index is 0.225. The number of ether oxygens (including phenoxy) is 2. The second-order valence-electron chi connectivity index (χ2n) is 2.73. The van der Waals surface area contributed by atoms with E-state index < -0.39 is 0 Å². The summed E-state index contributed by atoms with van der Waals surface area (Å²) in [6.45, 7) is 7.07. The minimum Gasteiger partial charge on any atom is -0.382 e. The molecule has 3 heteroatoms. The molecule has 0 saturated carbocycles. The summed E-state index contributed by atoms with van der Waals surface area (Å²) in [7, 11) is 0. The van der Waals surface area contributed by atoms with E-state index in [1.54, 1.807) is 0 Å². The van der Waals surface area contributed by atoms with Crippen LogP contribution in [0, 0.1) is 0 Å². The van der Waals surface area contributed by atoms with E-state index in [2.05, 4.69) is 0 Å². The molecule has 0 aliphatic heterocycles. The van der Waals surface area contributed by atoms with Crippen molar-refractivity contribution in [2.75, 3.05) is 26.4 Å². The molecule has 0 fully saturated rings. The molecule has 0 rings (SSSR count). The van der Waals surface area contributed by atoms with Crippen molar-refractivity contribution in [3.8, 4) is 0 Å². The van der Waals surface area contributed by atoms with Crippen LogP contribution >= 0.6 is 0 Å². The molecule has 0 aliphatic carbocycles. The Kier molecular flexibility index (Phi) is 8.88. The van der Waals surface area contributed by atoms with Gasteiger partial charge in [0.15, 0.2) is 0 Å². The maximum absolute atomic E-state index is 5.80. The molecule has 74 valence electrons. The van der Waals surface area contributed by atoms with Crippen LogP contribution in [0.1, 0.15) is 26.7 Å². The van der Waals surface area contributed by atoms with Crippen molar-refractivity contribution in [3.63, 3.8) is 0 Å². The third-order valence-corrected chi connectivity index (χ3v) is 1.67. The van der Waals surface area contributed by atoms with Crippen LogP contribution in [0.3, 0.4) is 0 Å². The summed E-state index contributed by atoms with van der Waals surface area (Å²) in [5.74, 6) is 0. The minimum absolute atomic E-state index is 0.225. The standard InChI is InChI=1S/C9H21NO2/c1-3-11-7-5-9(10)6-8-12-4-2/h9H,3-8,10H2,1-2H3. The lowest BCUT2D eigenvalue weighted by Crippen LogP contribution is -2.23. The zero-order valence-electron chi connectivity index (χ0n) is 8.21. The second kappa shape index (κ2) is 8.97. The van der Waals surface area contributed by atoms with Crippen molar-refractivity contribution in [1.82, 2.24) is 0 Å². The molecule has 0 spiro atoms. The number of hydrogen-bond acceptors (Lipinski definition) is 3. The molecule has 0 atom stereocenters. The number of rotatable bonds is 8. The van der Waals surface area contributed by atoms with Gasteiger partial charge in [0.05, 0.1) is 0 Å². The predicted molar refractivity (Wildman–Crippen MR) is 50.2 cm³/mol. The van der Waals surface area contributed by atoms with Gasteiger partial charge >= 0.3 is 0 Å². The molecule has 2 N–H and O–H groups in total. The fraction of sp³-hybridized carbons (Fsp3) is 1.00. The molecule has 0 unspecified atom stereocenters. The maximum atomic E-state index is 5.80. The smallest absolute Gasteiger partial charge is 0.0480 e. The molecule has 3 nitrogen and oxygen atoms in total. The molecule has 0 aromatic carbocycles. The average molecular weight is 175 g/mol. The van der Waals surface area contributed by atoms with Crippen molar-refractivity contribution in [1.29, 1.82) is 0 Å². The van der Waals surface area contributed by atoms with Crippen LogP contribution in [-0.4, -0.2) is 32.5 Å². The fourth-order valence-electron chi connectivity index (χ4n) is 0.902. The highest BCUT2D eigenvalue weighted by Crippen LogP contribution is 1.95. The lowest BCUT2D eigenvalue weighted by atomic mass is 10.2. The zero-order valence-corrected chi connectivity index (χ0v) is 8.21. The van der Waals surface area contributed by atoms with Crippen molar-refractivity contribution >= 4 is 0 Å². The van der Waals surface area contributed by atoms with Gasteiger partial charge in [-0.25, -0.2) is 0 Å². The Morgan fingerprint density at radius 1 is 1.00 bits per heavy atom. The van der Waals surface area contributed by atoms with Gasteiger partial charge < -0.3 is 15.2 Å². The monoisotopic (exact) mass is 175 g/mol. The quantitative estimate of drug-likeness (QED) is 0.563. The summed E-state index contributed by atoms with van der Waals surface area (Å²) in [5, 5.41) is 0. The van der Waals surface area contributed by atoms with Crippen LogP contribution in [0.2, 0.25) is 0 Å². The number of hydrogen-bond donors (Lipinski definition) is 1. The van der Waals surface area contributed by atoms with Gasteiger partial charge in [0.25, 0.3) is 0 Å². The predicted octanol–water partition coefficient (Wildman–Crippen LogP) is 1.17. The van der Waals surface area contributed by atoms with E-state index in [0.29, 0.717) is 0 Å². The third-order valence-electron chi connectivity index (χ3n) is 1.67. The molecule has 0 radical (unpaired) electrons. The molecular formula is C9H21NO2. The first-order valence-corrected chi connectivity index (χ1v) is 4.72. The topological polar surface area (TPSA) is 44.5 Å². The molecule has 0 saturated heterocycles.